The number of rotatable bonds is 4. The van der Waals surface area contributed by atoms with Crippen LogP contribution in [0.1, 0.15) is 33.3 Å². The average Bonchev–Trinajstić information content (AvgIpc) is 3.49. The molecule has 0 N–H and O–H groups in total. The molecule has 4 aromatic rings. The lowest BCUT2D eigenvalue weighted by molar-refractivity contribution is 0.0980. The molecule has 5 rings (SSSR count). The molecule has 1 aliphatic heterocycles. The van der Waals surface area contributed by atoms with Crippen molar-refractivity contribution < 1.29 is 9.32 Å². The molecule has 28 heavy (non-hydrogen) atoms. The van der Waals surface area contributed by atoms with Gasteiger partial charge in [-0.2, -0.15) is 5.10 Å². The number of amides is 1. The molecule has 0 saturated carbocycles. The van der Waals surface area contributed by atoms with Crippen molar-refractivity contribution in [2.24, 2.45) is 0 Å². The van der Waals surface area contributed by atoms with Crippen molar-refractivity contribution in [3.05, 3.63) is 102 Å². The number of aromatic nitrogens is 3. The Morgan fingerprint density at radius 3 is 2.71 bits per heavy atom. The molecule has 0 saturated heterocycles. The molecule has 2 aromatic carbocycles. The number of fused-ring (bicyclic) bond motifs is 1. The zero-order valence-corrected chi connectivity index (χ0v) is 15.1. The van der Waals surface area contributed by atoms with Crippen molar-refractivity contribution in [3.8, 4) is 0 Å². The normalized spacial score (nSPS) is 15.6. The van der Waals surface area contributed by atoms with Crippen molar-refractivity contribution in [2.45, 2.75) is 12.5 Å². The second-order valence-electron chi connectivity index (χ2n) is 6.82. The van der Waals surface area contributed by atoms with E-state index in [1.54, 1.807) is 21.8 Å². The van der Waals surface area contributed by atoms with Gasteiger partial charge >= 0.3 is 0 Å². The van der Waals surface area contributed by atoms with Crippen LogP contribution in [0.2, 0.25) is 0 Å². The molecule has 138 valence electrons. The summed E-state index contributed by atoms with van der Waals surface area (Å²) in [5.74, 6) is 0.595. The van der Waals surface area contributed by atoms with Crippen LogP contribution < -0.4 is 4.90 Å². The molecule has 2 aromatic heterocycles. The third-order valence-electron chi connectivity index (χ3n) is 5.07. The number of para-hydroxylation sites is 1. The molecule has 0 fully saturated rings. The second kappa shape index (κ2) is 6.81. The highest BCUT2D eigenvalue weighted by Crippen LogP contribution is 2.40. The predicted molar refractivity (Wildman–Crippen MR) is 104 cm³/mol. The minimum atomic E-state index is -0.152. The van der Waals surface area contributed by atoms with Crippen LogP contribution in [0.15, 0.2) is 83.6 Å². The summed E-state index contributed by atoms with van der Waals surface area (Å²) in [7, 11) is 0. The second-order valence-corrected chi connectivity index (χ2v) is 6.82. The summed E-state index contributed by atoms with van der Waals surface area (Å²) in [4.78, 5) is 15.0. The quantitative estimate of drug-likeness (QED) is 0.549. The molecule has 1 amide bonds. The van der Waals surface area contributed by atoms with Crippen LogP contribution in [0, 0.1) is 0 Å². The first-order chi connectivity index (χ1) is 13.8. The van der Waals surface area contributed by atoms with Gasteiger partial charge in [0.25, 0.3) is 5.91 Å². The highest BCUT2D eigenvalue weighted by atomic mass is 16.5. The molecule has 6 nitrogen and oxygen atoms in total. The molecule has 6 heteroatoms. The molecule has 1 atom stereocenters. The standard InChI is InChI=1S/C22H18N4O2/c27-22(20-13-17(28-24-20)14-25-12-6-11-23-25)26-15-19(16-7-2-1-3-8-16)18-9-4-5-10-21(18)26/h1-13,19H,14-15H2/t19-/m1/s1. The molecular formula is C22H18N4O2. The third kappa shape index (κ3) is 2.89. The zero-order chi connectivity index (χ0) is 18.9. The van der Waals surface area contributed by atoms with Crippen LogP contribution in [0.4, 0.5) is 5.69 Å². The first-order valence-corrected chi connectivity index (χ1v) is 9.18. The highest BCUT2D eigenvalue weighted by Gasteiger charge is 2.34. The van der Waals surface area contributed by atoms with E-state index in [1.807, 2.05) is 48.7 Å². The van der Waals surface area contributed by atoms with Crippen LogP contribution in [0.5, 0.6) is 0 Å². The first kappa shape index (κ1) is 16.5. The minimum Gasteiger partial charge on any atom is -0.359 e. The van der Waals surface area contributed by atoms with Crippen molar-refractivity contribution in [1.29, 1.82) is 0 Å². The van der Waals surface area contributed by atoms with E-state index in [9.17, 15) is 4.79 Å². The van der Waals surface area contributed by atoms with E-state index in [4.69, 9.17) is 4.52 Å². The summed E-state index contributed by atoms with van der Waals surface area (Å²) >= 11 is 0. The molecule has 0 radical (unpaired) electrons. The van der Waals surface area contributed by atoms with Gasteiger partial charge in [-0.25, -0.2) is 0 Å². The van der Waals surface area contributed by atoms with Crippen LogP contribution in [0.25, 0.3) is 0 Å². The molecular weight excluding hydrogens is 352 g/mol. The Balaban J connectivity index is 1.43. The number of benzene rings is 2. The summed E-state index contributed by atoms with van der Waals surface area (Å²) in [6.07, 6.45) is 3.54. The highest BCUT2D eigenvalue weighted by molar-refractivity contribution is 6.06. The lowest BCUT2D eigenvalue weighted by Gasteiger charge is -2.16. The smallest absolute Gasteiger partial charge is 0.280 e. The SMILES string of the molecule is O=C(c1cc(Cn2cccn2)on1)N1C[C@H](c2ccccc2)c2ccccc21. The maximum absolute atomic E-state index is 13.2. The lowest BCUT2D eigenvalue weighted by Crippen LogP contribution is -2.30. The topological polar surface area (TPSA) is 64.2 Å². The van der Waals surface area contributed by atoms with Crippen molar-refractivity contribution >= 4 is 11.6 Å². The van der Waals surface area contributed by atoms with E-state index in [2.05, 4.69) is 28.5 Å². The van der Waals surface area contributed by atoms with Crippen LogP contribution in [0.3, 0.4) is 0 Å². The first-order valence-electron chi connectivity index (χ1n) is 9.18. The summed E-state index contributed by atoms with van der Waals surface area (Å²) in [5, 5.41) is 8.15. The van der Waals surface area contributed by atoms with E-state index >= 15 is 0 Å². The predicted octanol–water partition coefficient (Wildman–Crippen LogP) is 3.71. The summed E-state index contributed by atoms with van der Waals surface area (Å²) < 4.78 is 7.09. The Hall–Kier alpha value is -3.67. The van der Waals surface area contributed by atoms with Gasteiger partial charge in [0.1, 0.15) is 6.54 Å². The van der Waals surface area contributed by atoms with Crippen molar-refractivity contribution in [3.63, 3.8) is 0 Å². The maximum atomic E-state index is 13.2. The third-order valence-corrected chi connectivity index (χ3v) is 5.07. The number of carbonyl (C=O) groups is 1. The Kier molecular flexibility index (Phi) is 4.01. The summed E-state index contributed by atoms with van der Waals surface area (Å²) in [6, 6.07) is 21.9. The number of hydrogen-bond acceptors (Lipinski definition) is 4. The molecule has 0 bridgehead atoms. The van der Waals surface area contributed by atoms with E-state index < -0.39 is 0 Å². The monoisotopic (exact) mass is 370 g/mol. The van der Waals surface area contributed by atoms with Crippen LogP contribution >= 0.6 is 0 Å². The van der Waals surface area contributed by atoms with E-state index in [0.29, 0.717) is 24.5 Å². The Bertz CT molecular complexity index is 1100. The minimum absolute atomic E-state index is 0.150. The Morgan fingerprint density at radius 1 is 1.07 bits per heavy atom. The lowest BCUT2D eigenvalue weighted by atomic mass is 9.93. The zero-order valence-electron chi connectivity index (χ0n) is 15.1. The molecule has 1 aliphatic rings. The van der Waals surface area contributed by atoms with E-state index in [0.717, 1.165) is 11.3 Å². The van der Waals surface area contributed by atoms with Crippen LogP contribution in [-0.2, 0) is 6.54 Å². The van der Waals surface area contributed by atoms with Crippen molar-refractivity contribution in [1.82, 2.24) is 14.9 Å². The van der Waals surface area contributed by atoms with Gasteiger partial charge in [-0.3, -0.25) is 9.48 Å². The molecule has 0 spiro atoms. The largest absolute Gasteiger partial charge is 0.359 e. The fourth-order valence-corrected chi connectivity index (χ4v) is 3.75. The summed E-state index contributed by atoms with van der Waals surface area (Å²) in [6.45, 7) is 1.03. The van der Waals surface area contributed by atoms with Gasteiger partial charge < -0.3 is 9.42 Å². The number of hydrogen-bond donors (Lipinski definition) is 0. The summed E-state index contributed by atoms with van der Waals surface area (Å²) in [5.41, 5.74) is 3.59. The Labute approximate surface area is 162 Å². The van der Waals surface area contributed by atoms with Gasteiger partial charge in [-0.1, -0.05) is 53.7 Å². The maximum Gasteiger partial charge on any atom is 0.280 e. The molecule has 0 aliphatic carbocycles. The van der Waals surface area contributed by atoms with Crippen LogP contribution in [-0.4, -0.2) is 27.4 Å². The van der Waals surface area contributed by atoms with Gasteiger partial charge in [0.15, 0.2) is 11.5 Å². The fourth-order valence-electron chi connectivity index (χ4n) is 3.75. The molecule has 0 unspecified atom stereocenters. The number of carbonyl (C=O) groups excluding carboxylic acids is 1. The van der Waals surface area contributed by atoms with Gasteiger partial charge in [-0.15, -0.1) is 0 Å². The van der Waals surface area contributed by atoms with Gasteiger partial charge in [0.2, 0.25) is 0 Å². The number of nitrogens with zero attached hydrogens (tertiary/aromatic N) is 4. The van der Waals surface area contributed by atoms with Gasteiger partial charge in [0.05, 0.1) is 0 Å². The fraction of sp³-hybridized carbons (Fsp3) is 0.136. The van der Waals surface area contributed by atoms with Gasteiger partial charge in [0, 0.05) is 36.6 Å². The van der Waals surface area contributed by atoms with Gasteiger partial charge in [-0.05, 0) is 23.3 Å². The van der Waals surface area contributed by atoms with Crippen molar-refractivity contribution in [2.75, 3.05) is 11.4 Å². The Morgan fingerprint density at radius 2 is 1.89 bits per heavy atom. The van der Waals surface area contributed by atoms with E-state index in [1.165, 1.54) is 5.56 Å². The van der Waals surface area contributed by atoms with E-state index in [-0.39, 0.29) is 11.8 Å². The molecule has 3 heterocycles. The average molecular weight is 370 g/mol. The number of anilines is 1.